The molecule has 1 aliphatic carbocycles. The number of benzene rings is 3. The fraction of sp³-hybridized carbons (Fsp3) is 0.345. The molecule has 6 nitrogen and oxygen atoms in total. The summed E-state index contributed by atoms with van der Waals surface area (Å²) in [6.07, 6.45) is 2.87. The predicted molar refractivity (Wildman–Crippen MR) is 155 cm³/mol. The number of likely N-dealkylation sites (tertiary alicyclic amines) is 1. The number of para-hydroxylation sites is 2. The molecular weight excluding hydrogens is 586 g/mol. The summed E-state index contributed by atoms with van der Waals surface area (Å²) in [6.45, 7) is 1.58. The van der Waals surface area contributed by atoms with Crippen LogP contribution in [0.2, 0.25) is 0 Å². The second-order valence-electron chi connectivity index (χ2n) is 10.2. The number of hydrogen-bond donors (Lipinski definition) is 1. The quantitative estimate of drug-likeness (QED) is 0.182. The zero-order valence-corrected chi connectivity index (χ0v) is 23.7. The fourth-order valence-corrected chi connectivity index (χ4v) is 8.49. The van der Waals surface area contributed by atoms with Crippen LogP contribution in [0.3, 0.4) is 0 Å². The van der Waals surface area contributed by atoms with Crippen molar-refractivity contribution in [2.75, 3.05) is 18.4 Å². The molecule has 1 amide bonds. The highest BCUT2D eigenvalue weighted by molar-refractivity contribution is 9.10. The van der Waals surface area contributed by atoms with E-state index < -0.39 is 0 Å². The van der Waals surface area contributed by atoms with Gasteiger partial charge in [-0.25, -0.2) is 0 Å². The minimum Gasteiger partial charge on any atom is -0.377 e. The van der Waals surface area contributed by atoms with Crippen molar-refractivity contribution in [2.24, 2.45) is 5.92 Å². The van der Waals surface area contributed by atoms with Crippen LogP contribution < -0.4 is 5.32 Å². The van der Waals surface area contributed by atoms with E-state index in [4.69, 9.17) is 11.6 Å². The Hall–Kier alpha value is -2.55. The maximum absolute atomic E-state index is 13.6. The van der Waals surface area contributed by atoms with E-state index in [1.807, 2.05) is 35.2 Å². The van der Waals surface area contributed by atoms with E-state index >= 15 is 0 Å². The first-order chi connectivity index (χ1) is 18.4. The van der Waals surface area contributed by atoms with E-state index in [0.29, 0.717) is 10.5 Å². The largest absolute Gasteiger partial charge is 0.377 e. The summed E-state index contributed by atoms with van der Waals surface area (Å²) in [7, 11) is 0. The third-order valence-electron chi connectivity index (χ3n) is 8.04. The van der Waals surface area contributed by atoms with Gasteiger partial charge in [-0.1, -0.05) is 52.3 Å². The maximum atomic E-state index is 13.6. The first-order valence-electron chi connectivity index (χ1n) is 12.9. The fourth-order valence-electron chi connectivity index (χ4n) is 6.28. The molecule has 3 aliphatic rings. The van der Waals surface area contributed by atoms with Gasteiger partial charge >= 0.3 is 0 Å². The van der Waals surface area contributed by atoms with Crippen molar-refractivity contribution < 1.29 is 9.72 Å². The van der Waals surface area contributed by atoms with E-state index in [-0.39, 0.29) is 45.0 Å². The highest BCUT2D eigenvalue weighted by Gasteiger charge is 2.51. The molecule has 0 spiro atoms. The molecule has 1 saturated heterocycles. The summed E-state index contributed by atoms with van der Waals surface area (Å²) in [4.78, 5) is 27.5. The van der Waals surface area contributed by atoms with Gasteiger partial charge in [0, 0.05) is 34.8 Å². The van der Waals surface area contributed by atoms with Gasteiger partial charge in [-0.15, -0.1) is 23.4 Å². The molecule has 3 aromatic rings. The third-order valence-corrected chi connectivity index (χ3v) is 10.7. The molecule has 9 heteroatoms. The molecule has 2 aliphatic heterocycles. The van der Waals surface area contributed by atoms with Crippen molar-refractivity contribution in [2.45, 2.75) is 46.7 Å². The average Bonchev–Trinajstić information content (AvgIpc) is 3.57. The lowest BCUT2D eigenvalue weighted by Gasteiger charge is -2.39. The first kappa shape index (κ1) is 25.7. The summed E-state index contributed by atoms with van der Waals surface area (Å²) < 4.78 is 1.00. The molecule has 0 unspecified atom stereocenters. The van der Waals surface area contributed by atoms with Crippen molar-refractivity contribution in [3.8, 4) is 0 Å². The van der Waals surface area contributed by atoms with Crippen LogP contribution in [0.15, 0.2) is 76.1 Å². The Balaban J connectivity index is 1.41. The number of alkyl halides is 1. The highest BCUT2D eigenvalue weighted by Crippen LogP contribution is 2.58. The van der Waals surface area contributed by atoms with Crippen LogP contribution in [0.25, 0.3) is 0 Å². The van der Waals surface area contributed by atoms with Crippen LogP contribution >= 0.6 is 39.3 Å². The number of nitrogens with one attached hydrogen (secondary N) is 1. The van der Waals surface area contributed by atoms with Crippen molar-refractivity contribution >= 4 is 56.6 Å². The van der Waals surface area contributed by atoms with E-state index in [2.05, 4.69) is 39.4 Å². The minimum absolute atomic E-state index is 0.00756. The Bertz CT molecular complexity index is 1380. The van der Waals surface area contributed by atoms with Crippen molar-refractivity contribution in [1.29, 1.82) is 0 Å². The number of carbonyl (C=O) groups excluding carboxylic acids is 1. The lowest BCUT2D eigenvalue weighted by atomic mass is 9.76. The maximum Gasteiger partial charge on any atom is 0.282 e. The molecule has 5 atom stereocenters. The summed E-state index contributed by atoms with van der Waals surface area (Å²) >= 11 is 12.3. The zero-order chi connectivity index (χ0) is 26.4. The number of anilines is 1. The molecule has 0 radical (unpaired) electrons. The van der Waals surface area contributed by atoms with Crippen LogP contribution in [0.1, 0.15) is 52.7 Å². The standard InChI is InChI=1S/C29H27BrClN3O3S/c30-18-12-10-17(11-13-18)27-21-16-24(38-23-9-2-1-8-22(23)34(36)37)26(31)25(21)19-6-5-7-20(28(19)32-27)29(35)33-14-3-4-15-33/h1-2,5-13,21,24-27,32H,3-4,14-16H2/t21-,24+,25+,26+,27-/m1/s1. The number of thioether (sulfide) groups is 1. The molecule has 1 saturated carbocycles. The molecule has 196 valence electrons. The van der Waals surface area contributed by atoms with Gasteiger partial charge in [-0.3, -0.25) is 14.9 Å². The molecule has 1 N–H and O–H groups in total. The number of nitro groups is 1. The molecule has 0 bridgehead atoms. The van der Waals surface area contributed by atoms with Crippen molar-refractivity contribution in [1.82, 2.24) is 4.90 Å². The lowest BCUT2D eigenvalue weighted by molar-refractivity contribution is -0.387. The number of amides is 1. The van der Waals surface area contributed by atoms with Gasteiger partial charge in [0.05, 0.1) is 32.5 Å². The van der Waals surface area contributed by atoms with Crippen molar-refractivity contribution in [3.63, 3.8) is 0 Å². The molecule has 0 aromatic heterocycles. The normalized spacial score (nSPS) is 25.9. The van der Waals surface area contributed by atoms with E-state index in [1.165, 1.54) is 11.8 Å². The predicted octanol–water partition coefficient (Wildman–Crippen LogP) is 7.63. The van der Waals surface area contributed by atoms with Crippen LogP contribution in [0.5, 0.6) is 0 Å². The number of nitro benzene ring substituents is 1. The number of hydrogen-bond acceptors (Lipinski definition) is 5. The van der Waals surface area contributed by atoms with Gasteiger partial charge in [0.2, 0.25) is 0 Å². The average molecular weight is 613 g/mol. The molecule has 3 aromatic carbocycles. The number of fused-ring (bicyclic) bond motifs is 3. The monoisotopic (exact) mass is 611 g/mol. The Labute approximate surface area is 239 Å². The molecule has 38 heavy (non-hydrogen) atoms. The first-order valence-corrected chi connectivity index (χ1v) is 15.0. The summed E-state index contributed by atoms with van der Waals surface area (Å²) in [6, 6.07) is 21.1. The molecule has 6 rings (SSSR count). The number of halogens is 2. The Morgan fingerprint density at radius 3 is 2.53 bits per heavy atom. The van der Waals surface area contributed by atoms with Crippen molar-refractivity contribution in [3.05, 3.63) is 98.0 Å². The zero-order valence-electron chi connectivity index (χ0n) is 20.6. The second kappa shape index (κ2) is 10.5. The molecule has 2 fully saturated rings. The minimum atomic E-state index is -0.328. The van der Waals surface area contributed by atoms with Gasteiger partial charge in [0.1, 0.15) is 0 Å². The van der Waals surface area contributed by atoms with Gasteiger partial charge in [-0.2, -0.15) is 0 Å². The van der Waals surface area contributed by atoms with Gasteiger partial charge in [0.25, 0.3) is 11.6 Å². The number of rotatable bonds is 5. The van der Waals surface area contributed by atoms with Gasteiger partial charge < -0.3 is 10.2 Å². The van der Waals surface area contributed by atoms with Crippen LogP contribution in [-0.4, -0.2) is 39.4 Å². The highest BCUT2D eigenvalue weighted by atomic mass is 79.9. The summed E-state index contributed by atoms with van der Waals surface area (Å²) in [5.41, 5.74) is 3.89. The molecule has 2 heterocycles. The van der Waals surface area contributed by atoms with Crippen LogP contribution in [0.4, 0.5) is 11.4 Å². The Kier molecular flexibility index (Phi) is 7.14. The smallest absolute Gasteiger partial charge is 0.282 e. The second-order valence-corrected chi connectivity index (χ2v) is 12.9. The third kappa shape index (κ3) is 4.61. The number of carbonyl (C=O) groups is 1. The summed E-state index contributed by atoms with van der Waals surface area (Å²) in [5, 5.41) is 15.2. The SMILES string of the molecule is O=C(c1cccc2c1N[C@H](c1ccc(Br)cc1)[C@@H]1C[C@H](Sc3ccccc3[N+](=O)[O-])[C@H](Cl)[C@@H]21)N1CCCC1. The van der Waals surface area contributed by atoms with E-state index in [1.54, 1.807) is 18.2 Å². The Morgan fingerprint density at radius 1 is 1.05 bits per heavy atom. The molecular formula is C29H27BrClN3O3S. The van der Waals surface area contributed by atoms with E-state index in [0.717, 1.165) is 53.6 Å². The lowest BCUT2D eigenvalue weighted by Crippen LogP contribution is -2.34. The topological polar surface area (TPSA) is 75.5 Å². The van der Waals surface area contributed by atoms with Gasteiger partial charge in [0.15, 0.2) is 0 Å². The number of nitrogens with zero attached hydrogens (tertiary/aromatic N) is 2. The Morgan fingerprint density at radius 2 is 1.79 bits per heavy atom. The van der Waals surface area contributed by atoms with Crippen LogP contribution in [-0.2, 0) is 0 Å². The van der Waals surface area contributed by atoms with Gasteiger partial charge in [-0.05, 0) is 60.6 Å². The summed E-state index contributed by atoms with van der Waals surface area (Å²) in [5.74, 6) is 0.242. The van der Waals surface area contributed by atoms with E-state index in [9.17, 15) is 14.9 Å². The van der Waals surface area contributed by atoms with Crippen LogP contribution in [0, 0.1) is 16.0 Å².